The molecule has 2 aromatic rings. The van der Waals surface area contributed by atoms with Crippen LogP contribution in [0.5, 0.6) is 0 Å². The Kier molecular flexibility index (Phi) is 5.89. The maximum Gasteiger partial charge on any atom is 0.248 e. The zero-order valence-electron chi connectivity index (χ0n) is 13.8. The van der Waals surface area contributed by atoms with Crippen LogP contribution in [0, 0.1) is 12.7 Å². The number of hydrogen-bond acceptors (Lipinski definition) is 2. The molecule has 0 saturated heterocycles. The van der Waals surface area contributed by atoms with Gasteiger partial charge in [0, 0.05) is 25.7 Å². The van der Waals surface area contributed by atoms with Crippen LogP contribution in [0.4, 0.5) is 4.39 Å². The van der Waals surface area contributed by atoms with E-state index >= 15 is 0 Å². The summed E-state index contributed by atoms with van der Waals surface area (Å²) >= 11 is 0. The summed E-state index contributed by atoms with van der Waals surface area (Å²) in [4.78, 5) is 15.3. The minimum absolute atomic E-state index is 0.222. The van der Waals surface area contributed by atoms with Crippen molar-refractivity contribution in [3.63, 3.8) is 0 Å². The van der Waals surface area contributed by atoms with E-state index in [-0.39, 0.29) is 5.82 Å². The van der Waals surface area contributed by atoms with Crippen molar-refractivity contribution in [2.24, 2.45) is 10.7 Å². The predicted octanol–water partition coefficient (Wildman–Crippen LogP) is 2.10. The maximum absolute atomic E-state index is 13.5. The lowest BCUT2D eigenvalue weighted by Gasteiger charge is -2.12. The molecule has 0 radical (unpaired) electrons. The molecule has 1 amide bonds. The summed E-state index contributed by atoms with van der Waals surface area (Å²) in [5.74, 6) is -0.0956. The molecule has 0 aromatic heterocycles. The molecule has 0 fully saturated rings. The minimum atomic E-state index is -0.458. The van der Waals surface area contributed by atoms with Gasteiger partial charge in [-0.1, -0.05) is 24.3 Å². The third kappa shape index (κ3) is 4.81. The first-order valence-electron chi connectivity index (χ1n) is 7.58. The average Bonchev–Trinajstić information content (AvgIpc) is 2.58. The molecule has 0 bridgehead atoms. The molecule has 126 valence electrons. The number of carbonyl (C=O) groups excluding carboxylic acids is 1. The fourth-order valence-corrected chi connectivity index (χ4v) is 2.17. The van der Waals surface area contributed by atoms with Crippen LogP contribution >= 0.6 is 0 Å². The number of aliphatic imine (C=N–C) groups is 1. The third-order valence-corrected chi connectivity index (χ3v) is 3.59. The Morgan fingerprint density at radius 1 is 1.12 bits per heavy atom. The number of nitrogens with zero attached hydrogens (tertiary/aromatic N) is 1. The number of benzene rings is 2. The van der Waals surface area contributed by atoms with Crippen LogP contribution < -0.4 is 16.4 Å². The molecule has 6 heteroatoms. The molecular formula is C18H21FN4O. The molecule has 0 spiro atoms. The number of carbonyl (C=O) groups is 1. The van der Waals surface area contributed by atoms with Gasteiger partial charge >= 0.3 is 0 Å². The molecular weight excluding hydrogens is 307 g/mol. The molecule has 0 unspecified atom stereocenters. The number of nitrogens with two attached hydrogens (primary N) is 1. The van der Waals surface area contributed by atoms with Crippen molar-refractivity contribution < 1.29 is 9.18 Å². The summed E-state index contributed by atoms with van der Waals surface area (Å²) in [7, 11) is 1.66. The van der Waals surface area contributed by atoms with E-state index in [0.29, 0.717) is 30.2 Å². The van der Waals surface area contributed by atoms with E-state index in [2.05, 4.69) is 15.6 Å². The highest BCUT2D eigenvalue weighted by atomic mass is 19.1. The van der Waals surface area contributed by atoms with Crippen molar-refractivity contribution in [3.8, 4) is 0 Å². The van der Waals surface area contributed by atoms with Crippen LogP contribution in [0.15, 0.2) is 47.5 Å². The Balaban J connectivity index is 1.91. The normalized spacial score (nSPS) is 11.2. The van der Waals surface area contributed by atoms with Gasteiger partial charge in [0.1, 0.15) is 5.82 Å². The molecule has 0 aliphatic heterocycles. The number of amides is 1. The lowest BCUT2D eigenvalue weighted by molar-refractivity contribution is 0.1000. The highest BCUT2D eigenvalue weighted by Crippen LogP contribution is 2.09. The molecule has 4 N–H and O–H groups in total. The number of halogens is 1. The second-order valence-electron chi connectivity index (χ2n) is 5.43. The van der Waals surface area contributed by atoms with E-state index in [9.17, 15) is 9.18 Å². The van der Waals surface area contributed by atoms with Crippen LogP contribution in [0.2, 0.25) is 0 Å². The highest BCUT2D eigenvalue weighted by Gasteiger charge is 2.04. The number of rotatable bonds is 5. The van der Waals surface area contributed by atoms with Crippen LogP contribution in [-0.2, 0) is 13.1 Å². The van der Waals surface area contributed by atoms with Crippen molar-refractivity contribution in [2.45, 2.75) is 20.0 Å². The van der Waals surface area contributed by atoms with Crippen molar-refractivity contribution in [3.05, 3.63) is 70.5 Å². The van der Waals surface area contributed by atoms with Crippen LogP contribution in [0.3, 0.4) is 0 Å². The summed E-state index contributed by atoms with van der Waals surface area (Å²) in [5, 5.41) is 6.26. The highest BCUT2D eigenvalue weighted by molar-refractivity contribution is 5.92. The summed E-state index contributed by atoms with van der Waals surface area (Å²) in [6, 6.07) is 12.2. The average molecular weight is 328 g/mol. The third-order valence-electron chi connectivity index (χ3n) is 3.59. The van der Waals surface area contributed by atoms with Gasteiger partial charge in [-0.05, 0) is 41.8 Å². The molecule has 2 rings (SSSR count). The fourth-order valence-electron chi connectivity index (χ4n) is 2.17. The molecule has 0 aliphatic rings. The van der Waals surface area contributed by atoms with Crippen LogP contribution in [0.1, 0.15) is 27.0 Å². The molecule has 0 heterocycles. The number of primary amides is 1. The number of hydrogen-bond donors (Lipinski definition) is 3. The van der Waals surface area contributed by atoms with Crippen molar-refractivity contribution >= 4 is 11.9 Å². The van der Waals surface area contributed by atoms with E-state index < -0.39 is 5.91 Å². The second-order valence-corrected chi connectivity index (χ2v) is 5.43. The van der Waals surface area contributed by atoms with Crippen molar-refractivity contribution in [1.29, 1.82) is 0 Å². The lowest BCUT2D eigenvalue weighted by Crippen LogP contribution is -2.36. The molecule has 24 heavy (non-hydrogen) atoms. The van der Waals surface area contributed by atoms with Gasteiger partial charge < -0.3 is 16.4 Å². The Morgan fingerprint density at radius 2 is 1.79 bits per heavy atom. The smallest absolute Gasteiger partial charge is 0.248 e. The zero-order chi connectivity index (χ0) is 17.5. The molecule has 2 aromatic carbocycles. The summed E-state index contributed by atoms with van der Waals surface area (Å²) in [6.07, 6.45) is 0. The van der Waals surface area contributed by atoms with Gasteiger partial charge in [0.25, 0.3) is 0 Å². The number of nitrogens with one attached hydrogen (secondary N) is 2. The molecule has 0 atom stereocenters. The summed E-state index contributed by atoms with van der Waals surface area (Å²) < 4.78 is 13.5. The van der Waals surface area contributed by atoms with Gasteiger partial charge in [-0.3, -0.25) is 9.79 Å². The Bertz CT molecular complexity index is 758. The largest absolute Gasteiger partial charge is 0.366 e. The van der Waals surface area contributed by atoms with E-state index in [1.54, 1.807) is 38.2 Å². The van der Waals surface area contributed by atoms with Gasteiger partial charge in [-0.25, -0.2) is 4.39 Å². The predicted molar refractivity (Wildman–Crippen MR) is 93.1 cm³/mol. The van der Waals surface area contributed by atoms with E-state index in [4.69, 9.17) is 5.73 Å². The van der Waals surface area contributed by atoms with Gasteiger partial charge in [0.05, 0.1) is 0 Å². The zero-order valence-corrected chi connectivity index (χ0v) is 13.8. The van der Waals surface area contributed by atoms with E-state index in [0.717, 1.165) is 11.1 Å². The molecule has 5 nitrogen and oxygen atoms in total. The van der Waals surface area contributed by atoms with E-state index in [1.165, 1.54) is 6.07 Å². The van der Waals surface area contributed by atoms with Gasteiger partial charge in [-0.15, -0.1) is 0 Å². The Labute approximate surface area is 140 Å². The van der Waals surface area contributed by atoms with Crippen molar-refractivity contribution in [2.75, 3.05) is 7.05 Å². The SMILES string of the molecule is CN=C(NCc1cccc(C(N)=O)c1)NCc1ccc(C)c(F)c1. The topological polar surface area (TPSA) is 79.5 Å². The lowest BCUT2D eigenvalue weighted by atomic mass is 10.1. The quantitative estimate of drug-likeness (QED) is 0.581. The fraction of sp³-hybridized carbons (Fsp3) is 0.222. The maximum atomic E-state index is 13.5. The first-order chi connectivity index (χ1) is 11.5. The summed E-state index contributed by atoms with van der Waals surface area (Å²) in [5.41, 5.74) is 8.10. The monoisotopic (exact) mass is 328 g/mol. The first-order valence-corrected chi connectivity index (χ1v) is 7.58. The Hall–Kier alpha value is -2.89. The van der Waals surface area contributed by atoms with Gasteiger partial charge in [-0.2, -0.15) is 0 Å². The van der Waals surface area contributed by atoms with E-state index in [1.807, 2.05) is 12.1 Å². The molecule has 0 aliphatic carbocycles. The summed E-state index contributed by atoms with van der Waals surface area (Å²) in [6.45, 7) is 2.68. The van der Waals surface area contributed by atoms with Crippen LogP contribution in [-0.4, -0.2) is 18.9 Å². The van der Waals surface area contributed by atoms with Crippen LogP contribution in [0.25, 0.3) is 0 Å². The number of aryl methyl sites for hydroxylation is 1. The van der Waals surface area contributed by atoms with Gasteiger partial charge in [0.2, 0.25) is 5.91 Å². The standard InChI is InChI=1S/C18H21FN4O/c1-12-6-7-14(9-16(12)19)11-23-18(21-2)22-10-13-4-3-5-15(8-13)17(20)24/h3-9H,10-11H2,1-2H3,(H2,20,24)(H2,21,22,23). The minimum Gasteiger partial charge on any atom is -0.366 e. The van der Waals surface area contributed by atoms with Gasteiger partial charge in [0.15, 0.2) is 5.96 Å². The van der Waals surface area contributed by atoms with Crippen molar-refractivity contribution in [1.82, 2.24) is 10.6 Å². The first kappa shape index (κ1) is 17.5. The Morgan fingerprint density at radius 3 is 2.38 bits per heavy atom. The number of guanidine groups is 1. The molecule has 0 saturated carbocycles. The second kappa shape index (κ2) is 8.10.